The zero-order chi connectivity index (χ0) is 20.1. The number of imide groups is 1. The molecule has 29 heavy (non-hydrogen) atoms. The van der Waals surface area contributed by atoms with Crippen LogP contribution in [0.5, 0.6) is 0 Å². The highest BCUT2D eigenvalue weighted by molar-refractivity contribution is 6.05. The monoisotopic (exact) mass is 386 g/mol. The van der Waals surface area contributed by atoms with Gasteiger partial charge in [0.1, 0.15) is 5.82 Å². The number of hydrazine groups is 1. The van der Waals surface area contributed by atoms with Gasteiger partial charge in [-0.3, -0.25) is 14.4 Å². The molecule has 3 amide bonds. The van der Waals surface area contributed by atoms with E-state index in [-0.39, 0.29) is 37.1 Å². The summed E-state index contributed by atoms with van der Waals surface area (Å²) in [6, 6.07) is 15.1. The number of carbonyl (C=O) groups is 3. The summed E-state index contributed by atoms with van der Waals surface area (Å²) < 4.78 is 0. The number of amides is 3. The molecule has 1 fully saturated rings. The van der Waals surface area contributed by atoms with Gasteiger partial charge in [-0.15, -0.1) is 0 Å². The fourth-order valence-electron chi connectivity index (χ4n) is 4.06. The molecule has 5 rings (SSSR count). The van der Waals surface area contributed by atoms with Crippen molar-refractivity contribution >= 4 is 34.3 Å². The predicted octanol–water partition coefficient (Wildman–Crippen LogP) is 2.89. The fraction of sp³-hybridized carbons (Fsp3) is 0.182. The number of hydrogen-bond donors (Lipinski definition) is 1. The van der Waals surface area contributed by atoms with Gasteiger partial charge in [-0.2, -0.15) is 5.01 Å². The number of fused-ring (bicyclic) bond motifs is 2. The van der Waals surface area contributed by atoms with Gasteiger partial charge in [0, 0.05) is 29.4 Å². The molecule has 144 valence electrons. The summed E-state index contributed by atoms with van der Waals surface area (Å²) in [6.07, 6.45) is 1.08. The smallest absolute Gasteiger partial charge is 0.273 e. The second kappa shape index (κ2) is 6.41. The quantitative estimate of drug-likeness (QED) is 0.683. The van der Waals surface area contributed by atoms with Crippen LogP contribution in [-0.2, 0) is 16.1 Å². The maximum atomic E-state index is 12.8. The molecule has 3 heterocycles. The molecule has 0 radical (unpaired) electrons. The highest BCUT2D eigenvalue weighted by atomic mass is 16.2. The molecule has 7 heteroatoms. The average Bonchev–Trinajstić information content (AvgIpc) is 3.03. The Morgan fingerprint density at radius 2 is 1.69 bits per heavy atom. The van der Waals surface area contributed by atoms with Crippen molar-refractivity contribution in [2.75, 3.05) is 5.73 Å². The number of hydrogen-bond acceptors (Lipinski definition) is 5. The van der Waals surface area contributed by atoms with Gasteiger partial charge < -0.3 is 5.73 Å². The van der Waals surface area contributed by atoms with Crippen LogP contribution in [-0.4, -0.2) is 32.7 Å². The average molecular weight is 386 g/mol. The van der Waals surface area contributed by atoms with E-state index in [1.54, 1.807) is 6.07 Å². The minimum absolute atomic E-state index is 0.180. The fourth-order valence-corrected chi connectivity index (χ4v) is 4.06. The summed E-state index contributed by atoms with van der Waals surface area (Å²) in [5.41, 5.74) is 8.81. The number of carbonyl (C=O) groups excluding carboxylic acids is 3. The van der Waals surface area contributed by atoms with E-state index in [4.69, 9.17) is 5.73 Å². The third-order valence-electron chi connectivity index (χ3n) is 5.42. The van der Waals surface area contributed by atoms with E-state index in [0.717, 1.165) is 32.6 Å². The van der Waals surface area contributed by atoms with Crippen LogP contribution in [0.25, 0.3) is 22.0 Å². The van der Waals surface area contributed by atoms with Crippen LogP contribution < -0.4 is 5.73 Å². The first-order valence-electron chi connectivity index (χ1n) is 9.49. The van der Waals surface area contributed by atoms with Crippen molar-refractivity contribution in [2.45, 2.75) is 25.8 Å². The molecule has 2 aliphatic rings. The Balaban J connectivity index is 1.56. The number of anilines is 1. The van der Waals surface area contributed by atoms with Crippen molar-refractivity contribution in [3.05, 3.63) is 59.7 Å². The zero-order valence-electron chi connectivity index (χ0n) is 15.6. The Kier molecular flexibility index (Phi) is 3.84. The predicted molar refractivity (Wildman–Crippen MR) is 107 cm³/mol. The normalized spacial score (nSPS) is 16.6. The van der Waals surface area contributed by atoms with E-state index < -0.39 is 0 Å². The van der Waals surface area contributed by atoms with Gasteiger partial charge in [-0.25, -0.2) is 9.99 Å². The Bertz CT molecular complexity index is 1190. The highest BCUT2D eigenvalue weighted by Gasteiger charge is 2.39. The van der Waals surface area contributed by atoms with E-state index in [0.29, 0.717) is 17.8 Å². The molecular weight excluding hydrogens is 368 g/mol. The van der Waals surface area contributed by atoms with Crippen molar-refractivity contribution < 1.29 is 14.4 Å². The SMILES string of the molecule is Nc1cc2ccccc2c(-c2ccc3c(c2)CN(N2C(=O)CCCC2=O)C3=O)n1. The lowest BCUT2D eigenvalue weighted by Gasteiger charge is -2.32. The zero-order valence-corrected chi connectivity index (χ0v) is 15.6. The summed E-state index contributed by atoms with van der Waals surface area (Å²) in [6.45, 7) is 0.180. The molecule has 0 aliphatic carbocycles. The minimum atomic E-state index is -0.333. The Labute approximate surface area is 166 Å². The summed E-state index contributed by atoms with van der Waals surface area (Å²) in [7, 11) is 0. The van der Waals surface area contributed by atoms with Gasteiger partial charge in [0.25, 0.3) is 5.91 Å². The van der Waals surface area contributed by atoms with Crippen LogP contribution >= 0.6 is 0 Å². The topological polar surface area (TPSA) is 96.6 Å². The van der Waals surface area contributed by atoms with Gasteiger partial charge in [-0.05, 0) is 35.6 Å². The molecule has 0 atom stereocenters. The van der Waals surface area contributed by atoms with Gasteiger partial charge in [-0.1, -0.05) is 30.3 Å². The maximum Gasteiger partial charge on any atom is 0.273 e. The van der Waals surface area contributed by atoms with Crippen molar-refractivity contribution in [3.8, 4) is 11.3 Å². The number of aromatic nitrogens is 1. The molecule has 7 nitrogen and oxygen atoms in total. The summed E-state index contributed by atoms with van der Waals surface area (Å²) in [5, 5.41) is 4.21. The maximum absolute atomic E-state index is 12.8. The van der Waals surface area contributed by atoms with E-state index in [1.807, 2.05) is 42.5 Å². The lowest BCUT2D eigenvalue weighted by atomic mass is 10.00. The van der Waals surface area contributed by atoms with Crippen LogP contribution in [0.15, 0.2) is 48.5 Å². The minimum Gasteiger partial charge on any atom is -0.384 e. The van der Waals surface area contributed by atoms with E-state index >= 15 is 0 Å². The van der Waals surface area contributed by atoms with Gasteiger partial charge in [0.15, 0.2) is 0 Å². The third kappa shape index (κ3) is 2.74. The second-order valence-corrected chi connectivity index (χ2v) is 7.30. The molecule has 2 aliphatic heterocycles. The summed E-state index contributed by atoms with van der Waals surface area (Å²) >= 11 is 0. The number of nitrogens with two attached hydrogens (primary N) is 1. The summed E-state index contributed by atoms with van der Waals surface area (Å²) in [5.74, 6) is -0.570. The number of piperidine rings is 1. The molecule has 3 aromatic rings. The van der Waals surface area contributed by atoms with Crippen LogP contribution in [0.3, 0.4) is 0 Å². The van der Waals surface area contributed by atoms with Gasteiger partial charge in [0.2, 0.25) is 11.8 Å². The van der Waals surface area contributed by atoms with Crippen molar-refractivity contribution in [2.24, 2.45) is 0 Å². The van der Waals surface area contributed by atoms with Crippen molar-refractivity contribution in [3.63, 3.8) is 0 Å². The molecule has 0 spiro atoms. The third-order valence-corrected chi connectivity index (χ3v) is 5.42. The molecule has 1 aromatic heterocycles. The number of pyridine rings is 1. The van der Waals surface area contributed by atoms with Crippen LogP contribution in [0.1, 0.15) is 35.2 Å². The molecule has 0 unspecified atom stereocenters. The van der Waals surface area contributed by atoms with Crippen LogP contribution in [0, 0.1) is 0 Å². The van der Waals surface area contributed by atoms with Crippen LogP contribution in [0.2, 0.25) is 0 Å². The number of benzene rings is 2. The molecular formula is C22H18N4O3. The molecule has 0 saturated carbocycles. The largest absolute Gasteiger partial charge is 0.384 e. The first-order valence-corrected chi connectivity index (χ1v) is 9.49. The number of rotatable bonds is 2. The van der Waals surface area contributed by atoms with Crippen LogP contribution in [0.4, 0.5) is 5.82 Å². The van der Waals surface area contributed by atoms with E-state index in [1.165, 1.54) is 5.01 Å². The first-order chi connectivity index (χ1) is 14.0. The van der Waals surface area contributed by atoms with Crippen molar-refractivity contribution in [1.29, 1.82) is 0 Å². The standard InChI is InChI=1S/C22H18N4O3/c23-18-11-13-4-1-2-5-16(13)21(24-18)14-8-9-17-15(10-14)12-25(22(17)29)26-19(27)6-3-7-20(26)28/h1-2,4-5,8-11H,3,6-7,12H2,(H2,23,24). The van der Waals surface area contributed by atoms with Crippen molar-refractivity contribution in [1.82, 2.24) is 15.0 Å². The van der Waals surface area contributed by atoms with Gasteiger partial charge >= 0.3 is 0 Å². The highest BCUT2D eigenvalue weighted by Crippen LogP contribution is 2.33. The lowest BCUT2D eigenvalue weighted by Crippen LogP contribution is -2.51. The number of nitrogen functional groups attached to an aromatic ring is 1. The molecule has 2 N–H and O–H groups in total. The molecule has 1 saturated heterocycles. The molecule has 2 aromatic carbocycles. The Hall–Kier alpha value is -3.74. The second-order valence-electron chi connectivity index (χ2n) is 7.30. The summed E-state index contributed by atoms with van der Waals surface area (Å²) in [4.78, 5) is 41.9. The lowest BCUT2D eigenvalue weighted by molar-refractivity contribution is -0.163. The van der Waals surface area contributed by atoms with E-state index in [2.05, 4.69) is 4.98 Å². The Morgan fingerprint density at radius 3 is 2.48 bits per heavy atom. The van der Waals surface area contributed by atoms with Gasteiger partial charge in [0.05, 0.1) is 12.2 Å². The first kappa shape index (κ1) is 17.4. The number of nitrogens with zero attached hydrogens (tertiary/aromatic N) is 3. The van der Waals surface area contributed by atoms with E-state index in [9.17, 15) is 14.4 Å². The molecule has 0 bridgehead atoms. The Morgan fingerprint density at radius 1 is 0.931 bits per heavy atom.